The van der Waals surface area contributed by atoms with Crippen molar-refractivity contribution in [3.8, 4) is 0 Å². The fourth-order valence-corrected chi connectivity index (χ4v) is 1.36. The number of ether oxygens (including phenoxy) is 1. The summed E-state index contributed by atoms with van der Waals surface area (Å²) in [4.78, 5) is 14.7. The first kappa shape index (κ1) is 10.8. The summed E-state index contributed by atoms with van der Waals surface area (Å²) in [6.07, 6.45) is 3.10. The van der Waals surface area contributed by atoms with E-state index in [0.717, 1.165) is 0 Å². The number of nitrogens with one attached hydrogen (secondary N) is 1. The van der Waals surface area contributed by atoms with Gasteiger partial charge < -0.3 is 15.8 Å². The third kappa shape index (κ3) is 2.59. The smallest absolute Gasteiger partial charge is 0.325 e. The van der Waals surface area contributed by atoms with Gasteiger partial charge in [-0.3, -0.25) is 9.78 Å². The molecule has 0 spiro atoms. The summed E-state index contributed by atoms with van der Waals surface area (Å²) in [5.74, 6) is -0.354. The van der Waals surface area contributed by atoms with Gasteiger partial charge in [-0.05, 0) is 15.9 Å². The quantitative estimate of drug-likeness (QED) is 0.793. The third-order valence-electron chi connectivity index (χ3n) is 1.57. The van der Waals surface area contributed by atoms with E-state index in [2.05, 4.69) is 31.0 Å². The molecule has 0 saturated carbocycles. The van der Waals surface area contributed by atoms with Crippen LogP contribution in [0.5, 0.6) is 0 Å². The predicted molar refractivity (Wildman–Crippen MR) is 56.9 cm³/mol. The SMILES string of the molecule is COC(=O)CNc1c(N)cncc1Br. The van der Waals surface area contributed by atoms with E-state index in [1.165, 1.54) is 13.3 Å². The van der Waals surface area contributed by atoms with Gasteiger partial charge in [0.2, 0.25) is 0 Å². The van der Waals surface area contributed by atoms with Gasteiger partial charge in [-0.15, -0.1) is 0 Å². The topological polar surface area (TPSA) is 77.2 Å². The molecule has 3 N–H and O–H groups in total. The summed E-state index contributed by atoms with van der Waals surface area (Å²) in [6, 6.07) is 0. The second-order valence-electron chi connectivity index (χ2n) is 2.52. The van der Waals surface area contributed by atoms with Crippen molar-refractivity contribution in [2.75, 3.05) is 24.7 Å². The number of anilines is 2. The first-order chi connectivity index (χ1) is 6.65. The summed E-state index contributed by atoms with van der Waals surface area (Å²) in [5.41, 5.74) is 6.76. The Morgan fingerprint density at radius 1 is 1.71 bits per heavy atom. The molecule has 1 aromatic rings. The van der Waals surface area contributed by atoms with Crippen LogP contribution < -0.4 is 11.1 Å². The fourth-order valence-electron chi connectivity index (χ4n) is 0.869. The molecule has 0 aliphatic carbocycles. The van der Waals surface area contributed by atoms with Gasteiger partial charge in [0.1, 0.15) is 6.54 Å². The van der Waals surface area contributed by atoms with Crippen LogP contribution in [0.15, 0.2) is 16.9 Å². The summed E-state index contributed by atoms with van der Waals surface area (Å²) in [6.45, 7) is 0.0727. The van der Waals surface area contributed by atoms with Gasteiger partial charge in [-0.2, -0.15) is 0 Å². The Hall–Kier alpha value is -1.30. The summed E-state index contributed by atoms with van der Waals surface area (Å²) < 4.78 is 5.19. The number of aromatic nitrogens is 1. The van der Waals surface area contributed by atoms with E-state index in [-0.39, 0.29) is 12.5 Å². The summed E-state index contributed by atoms with van der Waals surface area (Å²) in [5, 5.41) is 2.85. The molecular weight excluding hydrogens is 250 g/mol. The molecular formula is C8H10BrN3O2. The highest BCUT2D eigenvalue weighted by atomic mass is 79.9. The Morgan fingerprint density at radius 3 is 3.00 bits per heavy atom. The number of carbonyl (C=O) groups is 1. The molecule has 0 saturated heterocycles. The van der Waals surface area contributed by atoms with Crippen LogP contribution in [0.3, 0.4) is 0 Å². The lowest BCUT2D eigenvalue weighted by Gasteiger charge is -2.09. The zero-order chi connectivity index (χ0) is 10.6. The molecule has 76 valence electrons. The highest BCUT2D eigenvalue weighted by molar-refractivity contribution is 9.10. The van der Waals surface area contributed by atoms with Gasteiger partial charge >= 0.3 is 5.97 Å². The van der Waals surface area contributed by atoms with Crippen molar-refractivity contribution in [2.24, 2.45) is 0 Å². The van der Waals surface area contributed by atoms with Crippen molar-refractivity contribution in [1.29, 1.82) is 0 Å². The lowest BCUT2D eigenvalue weighted by Crippen LogP contribution is -2.16. The molecule has 0 atom stereocenters. The van der Waals surface area contributed by atoms with Crippen LogP contribution in [0.25, 0.3) is 0 Å². The minimum absolute atomic E-state index is 0.0727. The minimum Gasteiger partial charge on any atom is -0.468 e. The maximum Gasteiger partial charge on any atom is 0.325 e. The lowest BCUT2D eigenvalue weighted by atomic mass is 10.3. The van der Waals surface area contributed by atoms with Crippen molar-refractivity contribution in [3.63, 3.8) is 0 Å². The molecule has 14 heavy (non-hydrogen) atoms. The molecule has 1 aromatic heterocycles. The molecule has 0 radical (unpaired) electrons. The molecule has 0 unspecified atom stereocenters. The Labute approximate surface area is 89.8 Å². The van der Waals surface area contributed by atoms with Crippen molar-refractivity contribution in [1.82, 2.24) is 4.98 Å². The van der Waals surface area contributed by atoms with Gasteiger partial charge in [0.15, 0.2) is 0 Å². The number of rotatable bonds is 3. The molecule has 0 aliphatic heterocycles. The number of methoxy groups -OCH3 is 1. The van der Waals surface area contributed by atoms with Crippen molar-refractivity contribution in [2.45, 2.75) is 0 Å². The number of pyridine rings is 1. The molecule has 6 heteroatoms. The van der Waals surface area contributed by atoms with Crippen LogP contribution in [0, 0.1) is 0 Å². The van der Waals surface area contributed by atoms with Gasteiger partial charge in [-0.25, -0.2) is 0 Å². The van der Waals surface area contributed by atoms with Gasteiger partial charge in [0, 0.05) is 6.20 Å². The summed E-state index contributed by atoms with van der Waals surface area (Å²) in [7, 11) is 1.33. The number of nitrogen functional groups attached to an aromatic ring is 1. The lowest BCUT2D eigenvalue weighted by molar-refractivity contribution is -0.138. The van der Waals surface area contributed by atoms with Crippen molar-refractivity contribution < 1.29 is 9.53 Å². The first-order valence-electron chi connectivity index (χ1n) is 3.85. The van der Waals surface area contributed by atoms with E-state index in [1.807, 2.05) is 0 Å². The maximum absolute atomic E-state index is 10.9. The zero-order valence-corrected chi connectivity index (χ0v) is 9.17. The monoisotopic (exact) mass is 259 g/mol. The Kier molecular flexibility index (Phi) is 3.70. The minimum atomic E-state index is -0.354. The number of nitrogens with two attached hydrogens (primary N) is 1. The Morgan fingerprint density at radius 2 is 2.43 bits per heavy atom. The first-order valence-corrected chi connectivity index (χ1v) is 4.64. The molecule has 0 aromatic carbocycles. The molecule has 1 rings (SSSR count). The summed E-state index contributed by atoms with van der Waals surface area (Å²) >= 11 is 3.26. The molecule has 0 fully saturated rings. The molecule has 0 bridgehead atoms. The maximum atomic E-state index is 10.9. The number of hydrogen-bond donors (Lipinski definition) is 2. The van der Waals surface area contributed by atoms with E-state index in [4.69, 9.17) is 5.73 Å². The van der Waals surface area contributed by atoms with E-state index >= 15 is 0 Å². The number of nitrogens with zero attached hydrogens (tertiary/aromatic N) is 1. The average Bonchev–Trinajstić information content (AvgIpc) is 2.16. The molecule has 1 heterocycles. The van der Waals surface area contributed by atoms with Crippen LogP contribution in [0.4, 0.5) is 11.4 Å². The van der Waals surface area contributed by atoms with E-state index < -0.39 is 0 Å². The number of esters is 1. The van der Waals surface area contributed by atoms with Gasteiger partial charge in [0.05, 0.1) is 29.2 Å². The molecule has 5 nitrogen and oxygen atoms in total. The highest BCUT2D eigenvalue weighted by Crippen LogP contribution is 2.26. The fraction of sp³-hybridized carbons (Fsp3) is 0.250. The zero-order valence-electron chi connectivity index (χ0n) is 7.58. The van der Waals surface area contributed by atoms with Crippen molar-refractivity contribution >= 4 is 33.3 Å². The van der Waals surface area contributed by atoms with Crippen LogP contribution in [0.1, 0.15) is 0 Å². The van der Waals surface area contributed by atoms with Crippen LogP contribution in [-0.2, 0) is 9.53 Å². The van der Waals surface area contributed by atoms with Crippen LogP contribution in [0.2, 0.25) is 0 Å². The van der Waals surface area contributed by atoms with E-state index in [9.17, 15) is 4.79 Å². The Bertz CT molecular complexity index is 323. The molecule has 0 aliphatic rings. The van der Waals surface area contributed by atoms with Gasteiger partial charge in [0.25, 0.3) is 0 Å². The van der Waals surface area contributed by atoms with Gasteiger partial charge in [-0.1, -0.05) is 0 Å². The Balaban J connectivity index is 2.71. The third-order valence-corrected chi connectivity index (χ3v) is 2.17. The van der Waals surface area contributed by atoms with Crippen LogP contribution in [-0.4, -0.2) is 24.6 Å². The average molecular weight is 260 g/mol. The van der Waals surface area contributed by atoms with E-state index in [0.29, 0.717) is 15.8 Å². The second kappa shape index (κ2) is 4.80. The standard InChI is InChI=1S/C8H10BrN3O2/c1-14-7(13)4-12-8-5(9)2-11-3-6(8)10/h2-3H,4,10H2,1H3,(H,11,12). The number of halogens is 1. The van der Waals surface area contributed by atoms with Crippen molar-refractivity contribution in [3.05, 3.63) is 16.9 Å². The number of hydrogen-bond acceptors (Lipinski definition) is 5. The largest absolute Gasteiger partial charge is 0.468 e. The normalized spacial score (nSPS) is 9.57. The number of carbonyl (C=O) groups excluding carboxylic acids is 1. The molecule has 0 amide bonds. The predicted octanol–water partition coefficient (Wildman–Crippen LogP) is 1.01. The highest BCUT2D eigenvalue weighted by Gasteiger charge is 2.06. The second-order valence-corrected chi connectivity index (χ2v) is 3.37. The van der Waals surface area contributed by atoms with E-state index in [1.54, 1.807) is 6.20 Å². The van der Waals surface area contributed by atoms with Crippen LogP contribution >= 0.6 is 15.9 Å².